The van der Waals surface area contributed by atoms with E-state index in [1.54, 1.807) is 0 Å². The molecule has 1 aromatic heterocycles. The number of rotatable bonds is 7. The number of carbonyl (C=O) groups excluding carboxylic acids is 1. The van der Waals surface area contributed by atoms with Gasteiger partial charge in [0.05, 0.1) is 0 Å². The van der Waals surface area contributed by atoms with Crippen LogP contribution in [0.3, 0.4) is 0 Å². The Balaban J connectivity index is 1.52. The number of nitrogens with zero attached hydrogens (tertiary/aromatic N) is 3. The maximum Gasteiger partial charge on any atom is 0.317 e. The van der Waals surface area contributed by atoms with Crippen LogP contribution in [0.1, 0.15) is 50.2 Å². The Morgan fingerprint density at radius 3 is 2.59 bits per heavy atom. The summed E-state index contributed by atoms with van der Waals surface area (Å²) < 4.78 is 15.4. The van der Waals surface area contributed by atoms with Gasteiger partial charge in [-0.1, -0.05) is 26.0 Å². The molecular formula is C23H33FN4O. The van der Waals surface area contributed by atoms with Crippen LogP contribution in [-0.4, -0.2) is 40.1 Å². The molecule has 1 N–H and O–H groups in total. The van der Waals surface area contributed by atoms with E-state index in [9.17, 15) is 9.18 Å². The van der Waals surface area contributed by atoms with Crippen LogP contribution in [-0.2, 0) is 13.0 Å². The molecule has 2 aromatic rings. The number of aryl methyl sites for hydroxylation is 1. The van der Waals surface area contributed by atoms with Crippen molar-refractivity contribution in [1.82, 2.24) is 19.8 Å². The predicted octanol–water partition coefficient (Wildman–Crippen LogP) is 4.39. The van der Waals surface area contributed by atoms with Crippen molar-refractivity contribution in [2.75, 3.05) is 19.6 Å². The Kier molecular flexibility index (Phi) is 7.29. The number of halogens is 1. The largest absolute Gasteiger partial charge is 0.338 e. The van der Waals surface area contributed by atoms with E-state index >= 15 is 0 Å². The third-order valence-electron chi connectivity index (χ3n) is 5.76. The van der Waals surface area contributed by atoms with Crippen LogP contribution in [0.15, 0.2) is 30.5 Å². The average molecular weight is 401 g/mol. The molecule has 1 aliphatic heterocycles. The second kappa shape index (κ2) is 9.90. The molecule has 1 fully saturated rings. The van der Waals surface area contributed by atoms with E-state index in [-0.39, 0.29) is 11.8 Å². The molecule has 0 bridgehead atoms. The van der Waals surface area contributed by atoms with Gasteiger partial charge in [-0.3, -0.25) is 0 Å². The molecule has 0 unspecified atom stereocenters. The van der Waals surface area contributed by atoms with Gasteiger partial charge in [0, 0.05) is 44.5 Å². The number of imidazole rings is 1. The van der Waals surface area contributed by atoms with Gasteiger partial charge in [-0.15, -0.1) is 0 Å². The van der Waals surface area contributed by atoms with E-state index in [0.29, 0.717) is 18.4 Å². The summed E-state index contributed by atoms with van der Waals surface area (Å²) in [5, 5.41) is 3.04. The lowest BCUT2D eigenvalue weighted by Gasteiger charge is -2.32. The molecule has 2 heterocycles. The summed E-state index contributed by atoms with van der Waals surface area (Å²) in [5.41, 5.74) is 2.19. The van der Waals surface area contributed by atoms with Crippen LogP contribution in [0.5, 0.6) is 0 Å². The second-order valence-corrected chi connectivity index (χ2v) is 8.58. The lowest BCUT2D eigenvalue weighted by Crippen LogP contribution is -2.45. The number of piperidine rings is 1. The van der Waals surface area contributed by atoms with Gasteiger partial charge in [0.15, 0.2) is 0 Å². The fraction of sp³-hybridized carbons (Fsp3) is 0.565. The maximum absolute atomic E-state index is 13.2. The van der Waals surface area contributed by atoms with Gasteiger partial charge in [-0.05, 0) is 55.7 Å². The van der Waals surface area contributed by atoms with E-state index in [4.69, 9.17) is 0 Å². The van der Waals surface area contributed by atoms with Crippen LogP contribution in [0.25, 0.3) is 0 Å². The van der Waals surface area contributed by atoms with Crippen molar-refractivity contribution in [2.45, 2.75) is 53.0 Å². The van der Waals surface area contributed by atoms with Gasteiger partial charge < -0.3 is 14.8 Å². The van der Waals surface area contributed by atoms with Crippen molar-refractivity contribution in [2.24, 2.45) is 11.8 Å². The highest BCUT2D eigenvalue weighted by Gasteiger charge is 2.24. The minimum atomic E-state index is -0.212. The standard InChI is InChI=1S/C23H33FN4O/c1-17(2)8-11-25-23(29)27-12-9-19(10-13-27)14-22-26-15-18(3)28(22)16-20-4-6-21(24)7-5-20/h4-7,15,17,19H,8-14,16H2,1-3H3,(H,25,29). The molecule has 0 saturated carbocycles. The van der Waals surface area contributed by atoms with E-state index in [1.165, 1.54) is 12.1 Å². The van der Waals surface area contributed by atoms with Crippen LogP contribution < -0.4 is 5.32 Å². The number of carbonyl (C=O) groups is 1. The molecule has 6 heteroatoms. The minimum Gasteiger partial charge on any atom is -0.338 e. The Morgan fingerprint density at radius 2 is 1.93 bits per heavy atom. The third kappa shape index (κ3) is 6.05. The van der Waals surface area contributed by atoms with Gasteiger partial charge in [-0.25, -0.2) is 14.2 Å². The number of hydrogen-bond donors (Lipinski definition) is 1. The molecule has 0 spiro atoms. The number of benzene rings is 1. The van der Waals surface area contributed by atoms with E-state index in [0.717, 1.165) is 62.4 Å². The van der Waals surface area contributed by atoms with Crippen LogP contribution in [0.2, 0.25) is 0 Å². The zero-order chi connectivity index (χ0) is 20.8. The topological polar surface area (TPSA) is 50.2 Å². The number of likely N-dealkylation sites (tertiary alicyclic amines) is 1. The molecule has 158 valence electrons. The Hall–Kier alpha value is -2.37. The molecule has 29 heavy (non-hydrogen) atoms. The van der Waals surface area contributed by atoms with Gasteiger partial charge >= 0.3 is 6.03 Å². The van der Waals surface area contributed by atoms with Crippen molar-refractivity contribution in [1.29, 1.82) is 0 Å². The highest BCUT2D eigenvalue weighted by atomic mass is 19.1. The van der Waals surface area contributed by atoms with Crippen molar-refractivity contribution < 1.29 is 9.18 Å². The average Bonchev–Trinajstić information content (AvgIpc) is 3.03. The molecule has 1 aromatic carbocycles. The Morgan fingerprint density at radius 1 is 1.24 bits per heavy atom. The first-order valence-corrected chi connectivity index (χ1v) is 10.7. The molecule has 0 atom stereocenters. The quantitative estimate of drug-likeness (QED) is 0.749. The fourth-order valence-electron chi connectivity index (χ4n) is 3.84. The van der Waals surface area contributed by atoms with Gasteiger partial charge in [0.1, 0.15) is 11.6 Å². The smallest absolute Gasteiger partial charge is 0.317 e. The van der Waals surface area contributed by atoms with Gasteiger partial charge in [0.2, 0.25) is 0 Å². The lowest BCUT2D eigenvalue weighted by molar-refractivity contribution is 0.169. The molecule has 1 aliphatic rings. The lowest BCUT2D eigenvalue weighted by atomic mass is 9.93. The summed E-state index contributed by atoms with van der Waals surface area (Å²) >= 11 is 0. The minimum absolute atomic E-state index is 0.0674. The molecule has 0 aliphatic carbocycles. The molecule has 0 radical (unpaired) electrons. The van der Waals surface area contributed by atoms with Crippen molar-refractivity contribution in [3.05, 3.63) is 53.4 Å². The number of hydrogen-bond acceptors (Lipinski definition) is 2. The highest BCUT2D eigenvalue weighted by Crippen LogP contribution is 2.22. The Labute approximate surface area is 173 Å². The first-order valence-electron chi connectivity index (χ1n) is 10.7. The zero-order valence-electron chi connectivity index (χ0n) is 17.8. The van der Waals surface area contributed by atoms with Crippen LogP contribution in [0, 0.1) is 24.6 Å². The maximum atomic E-state index is 13.2. The van der Waals surface area contributed by atoms with E-state index < -0.39 is 0 Å². The summed E-state index contributed by atoms with van der Waals surface area (Å²) in [6.45, 7) is 9.45. The molecule has 1 saturated heterocycles. The van der Waals surface area contributed by atoms with Gasteiger partial charge in [-0.2, -0.15) is 0 Å². The van der Waals surface area contributed by atoms with E-state index in [2.05, 4.69) is 35.6 Å². The van der Waals surface area contributed by atoms with Gasteiger partial charge in [0.25, 0.3) is 0 Å². The summed E-state index contributed by atoms with van der Waals surface area (Å²) in [6.07, 6.45) is 5.84. The van der Waals surface area contributed by atoms with Crippen molar-refractivity contribution in [3.8, 4) is 0 Å². The predicted molar refractivity (Wildman–Crippen MR) is 113 cm³/mol. The first kappa shape index (κ1) is 21.3. The normalized spacial score (nSPS) is 15.1. The summed E-state index contributed by atoms with van der Waals surface area (Å²) in [5.74, 6) is 2.00. The highest BCUT2D eigenvalue weighted by molar-refractivity contribution is 5.74. The SMILES string of the molecule is Cc1cnc(CC2CCN(C(=O)NCCC(C)C)CC2)n1Cc1ccc(F)cc1. The van der Waals surface area contributed by atoms with Crippen molar-refractivity contribution >= 4 is 6.03 Å². The number of aromatic nitrogens is 2. The molecule has 2 amide bonds. The number of amides is 2. The monoisotopic (exact) mass is 400 g/mol. The summed E-state index contributed by atoms with van der Waals surface area (Å²) in [7, 11) is 0. The Bertz CT molecular complexity index is 792. The van der Waals surface area contributed by atoms with Crippen LogP contribution >= 0.6 is 0 Å². The number of nitrogens with one attached hydrogen (secondary N) is 1. The van der Waals surface area contributed by atoms with E-state index in [1.807, 2.05) is 23.2 Å². The number of urea groups is 1. The zero-order valence-corrected chi connectivity index (χ0v) is 17.8. The third-order valence-corrected chi connectivity index (χ3v) is 5.76. The van der Waals surface area contributed by atoms with Crippen LogP contribution in [0.4, 0.5) is 9.18 Å². The fourth-order valence-corrected chi connectivity index (χ4v) is 3.84. The molecule has 3 rings (SSSR count). The second-order valence-electron chi connectivity index (χ2n) is 8.58. The molecule has 5 nitrogen and oxygen atoms in total. The summed E-state index contributed by atoms with van der Waals surface area (Å²) in [6, 6.07) is 6.73. The van der Waals surface area contributed by atoms with Crippen molar-refractivity contribution in [3.63, 3.8) is 0 Å². The first-order chi connectivity index (χ1) is 13.9. The summed E-state index contributed by atoms with van der Waals surface area (Å²) in [4.78, 5) is 18.9. The molecular weight excluding hydrogens is 367 g/mol.